The van der Waals surface area contributed by atoms with Crippen molar-refractivity contribution >= 4 is 17.9 Å². The average molecular weight is 222 g/mol. The number of aromatic nitrogens is 2. The summed E-state index contributed by atoms with van der Waals surface area (Å²) in [6.07, 6.45) is 4.62. The lowest BCUT2D eigenvalue weighted by Gasteiger charge is -1.98. The van der Waals surface area contributed by atoms with Gasteiger partial charge in [-0.2, -0.15) is 15.3 Å². The van der Waals surface area contributed by atoms with Crippen LogP contribution < -0.4 is 5.43 Å². The molecular weight excluding hydrogens is 208 g/mol. The van der Waals surface area contributed by atoms with Crippen molar-refractivity contribution in [2.75, 3.05) is 5.43 Å². The van der Waals surface area contributed by atoms with Crippen molar-refractivity contribution < 1.29 is 9.90 Å². The van der Waals surface area contributed by atoms with Gasteiger partial charge in [0.25, 0.3) is 0 Å². The summed E-state index contributed by atoms with van der Waals surface area (Å²) in [6, 6.07) is 1.82. The number of carbonyl (C=O) groups is 1. The van der Waals surface area contributed by atoms with Crippen LogP contribution in [0, 0.1) is 6.92 Å². The predicted molar refractivity (Wildman–Crippen MR) is 60.4 cm³/mol. The zero-order valence-electron chi connectivity index (χ0n) is 9.05. The lowest BCUT2D eigenvalue weighted by atomic mass is 10.2. The Hall–Kier alpha value is -1.98. The Balaban J connectivity index is 2.24. The Morgan fingerprint density at radius 3 is 3.19 bits per heavy atom. The topological polar surface area (TPSA) is 87.5 Å². The molecule has 0 atom stereocenters. The van der Waals surface area contributed by atoms with Gasteiger partial charge in [0.15, 0.2) is 0 Å². The van der Waals surface area contributed by atoms with Gasteiger partial charge in [-0.25, -0.2) is 0 Å². The molecule has 16 heavy (non-hydrogen) atoms. The minimum absolute atomic E-state index is 0.169. The van der Waals surface area contributed by atoms with E-state index in [2.05, 4.69) is 20.7 Å². The van der Waals surface area contributed by atoms with Gasteiger partial charge in [-0.1, -0.05) is 0 Å². The van der Waals surface area contributed by atoms with Crippen LogP contribution in [0.4, 0.5) is 5.69 Å². The fourth-order valence-electron chi connectivity index (χ4n) is 1.06. The quantitative estimate of drug-likeness (QED) is 0.432. The number of carboxylic acid groups (broad SMARTS) is 1. The summed E-state index contributed by atoms with van der Waals surface area (Å²) in [6.45, 7) is 1.84. The van der Waals surface area contributed by atoms with E-state index in [-0.39, 0.29) is 6.42 Å². The molecule has 0 radical (unpaired) electrons. The van der Waals surface area contributed by atoms with Gasteiger partial charge in [0, 0.05) is 12.6 Å². The third-order valence-electron chi connectivity index (χ3n) is 1.79. The summed E-state index contributed by atoms with van der Waals surface area (Å²) in [7, 11) is 0. The molecule has 0 aliphatic heterocycles. The van der Waals surface area contributed by atoms with Crippen molar-refractivity contribution in [3.8, 4) is 0 Å². The second kappa shape index (κ2) is 6.49. The van der Waals surface area contributed by atoms with E-state index in [0.29, 0.717) is 12.8 Å². The fourth-order valence-corrected chi connectivity index (χ4v) is 1.06. The van der Waals surface area contributed by atoms with Gasteiger partial charge in [0.1, 0.15) is 0 Å². The lowest BCUT2D eigenvalue weighted by molar-refractivity contribution is -0.137. The SMILES string of the molecule is Cc1cc(NN=CCCCC(=O)O)cnn1. The first-order valence-electron chi connectivity index (χ1n) is 4.97. The van der Waals surface area contributed by atoms with Crippen molar-refractivity contribution in [1.82, 2.24) is 10.2 Å². The highest BCUT2D eigenvalue weighted by Gasteiger charge is 1.94. The zero-order chi connectivity index (χ0) is 11.8. The molecule has 0 bridgehead atoms. The highest BCUT2D eigenvalue weighted by Crippen LogP contribution is 2.04. The number of nitrogens with zero attached hydrogens (tertiary/aromatic N) is 3. The first-order chi connectivity index (χ1) is 7.68. The van der Waals surface area contributed by atoms with Crippen LogP contribution in [0.5, 0.6) is 0 Å². The maximum atomic E-state index is 10.2. The van der Waals surface area contributed by atoms with Crippen molar-refractivity contribution in [2.45, 2.75) is 26.2 Å². The molecule has 0 aliphatic rings. The minimum Gasteiger partial charge on any atom is -0.481 e. The van der Waals surface area contributed by atoms with Gasteiger partial charge in [0.2, 0.25) is 0 Å². The molecule has 6 nitrogen and oxygen atoms in total. The van der Waals surface area contributed by atoms with Crippen LogP contribution in [0.3, 0.4) is 0 Å². The van der Waals surface area contributed by atoms with E-state index < -0.39 is 5.97 Å². The highest BCUT2D eigenvalue weighted by atomic mass is 16.4. The van der Waals surface area contributed by atoms with E-state index >= 15 is 0 Å². The fraction of sp³-hybridized carbons (Fsp3) is 0.400. The number of unbranched alkanes of at least 4 members (excludes halogenated alkanes) is 1. The van der Waals surface area contributed by atoms with Crippen LogP contribution >= 0.6 is 0 Å². The highest BCUT2D eigenvalue weighted by molar-refractivity contribution is 5.67. The molecule has 6 heteroatoms. The molecule has 86 valence electrons. The molecule has 0 aromatic carbocycles. The standard InChI is InChI=1S/C10H14N4O2/c1-8-6-9(7-12-13-8)14-11-5-3-2-4-10(15)16/h5-7H,2-4H2,1H3,(H,13,14)(H,15,16). The van der Waals surface area contributed by atoms with Gasteiger partial charge in [-0.15, -0.1) is 0 Å². The van der Waals surface area contributed by atoms with Gasteiger partial charge in [0.05, 0.1) is 17.6 Å². The third kappa shape index (κ3) is 5.04. The maximum Gasteiger partial charge on any atom is 0.303 e. The largest absolute Gasteiger partial charge is 0.481 e. The molecule has 0 saturated carbocycles. The number of aryl methyl sites for hydroxylation is 1. The Morgan fingerprint density at radius 1 is 1.69 bits per heavy atom. The van der Waals surface area contributed by atoms with Gasteiger partial charge >= 0.3 is 5.97 Å². The molecule has 0 amide bonds. The van der Waals surface area contributed by atoms with Gasteiger partial charge in [-0.05, 0) is 25.8 Å². The normalized spacial score (nSPS) is 10.6. The molecule has 0 aliphatic carbocycles. The second-order valence-corrected chi connectivity index (χ2v) is 3.30. The third-order valence-corrected chi connectivity index (χ3v) is 1.79. The van der Waals surface area contributed by atoms with Crippen molar-refractivity contribution in [2.24, 2.45) is 5.10 Å². The van der Waals surface area contributed by atoms with Crippen LogP contribution in [0.25, 0.3) is 0 Å². The van der Waals surface area contributed by atoms with Crippen LogP contribution in [-0.4, -0.2) is 27.5 Å². The molecule has 1 aromatic heterocycles. The van der Waals surface area contributed by atoms with Crippen molar-refractivity contribution in [3.63, 3.8) is 0 Å². The van der Waals surface area contributed by atoms with E-state index in [4.69, 9.17) is 5.11 Å². The smallest absolute Gasteiger partial charge is 0.303 e. The van der Waals surface area contributed by atoms with Crippen LogP contribution in [0.1, 0.15) is 25.0 Å². The Bertz CT molecular complexity index is 379. The van der Waals surface area contributed by atoms with E-state index in [9.17, 15) is 4.79 Å². The summed E-state index contributed by atoms with van der Waals surface area (Å²) in [4.78, 5) is 10.2. The second-order valence-electron chi connectivity index (χ2n) is 3.30. The maximum absolute atomic E-state index is 10.2. The van der Waals surface area contributed by atoms with Crippen LogP contribution in [0.15, 0.2) is 17.4 Å². The predicted octanol–water partition coefficient (Wildman–Crippen LogP) is 1.44. The van der Waals surface area contributed by atoms with Crippen molar-refractivity contribution in [1.29, 1.82) is 0 Å². The first kappa shape index (κ1) is 12.1. The summed E-state index contributed by atoms with van der Waals surface area (Å²) < 4.78 is 0. The number of hydrogen-bond donors (Lipinski definition) is 2. The van der Waals surface area contributed by atoms with Gasteiger partial charge < -0.3 is 5.11 Å². The molecule has 1 aromatic rings. The molecule has 0 saturated heterocycles. The molecule has 0 fully saturated rings. The number of carboxylic acids is 1. The molecule has 1 rings (SSSR count). The van der Waals surface area contributed by atoms with E-state index in [0.717, 1.165) is 11.4 Å². The number of hydrogen-bond acceptors (Lipinski definition) is 5. The monoisotopic (exact) mass is 222 g/mol. The molecule has 2 N–H and O–H groups in total. The van der Waals surface area contributed by atoms with Gasteiger partial charge in [-0.3, -0.25) is 10.2 Å². The van der Waals surface area contributed by atoms with Crippen molar-refractivity contribution in [3.05, 3.63) is 18.0 Å². The summed E-state index contributed by atoms with van der Waals surface area (Å²) >= 11 is 0. The lowest BCUT2D eigenvalue weighted by Crippen LogP contribution is -1.95. The molecule has 0 spiro atoms. The molecule has 0 unspecified atom stereocenters. The Morgan fingerprint density at radius 2 is 2.50 bits per heavy atom. The number of anilines is 1. The van der Waals surface area contributed by atoms with E-state index in [1.807, 2.05) is 13.0 Å². The first-order valence-corrected chi connectivity index (χ1v) is 4.97. The number of rotatable bonds is 6. The number of hydrazone groups is 1. The average Bonchev–Trinajstić information content (AvgIpc) is 2.23. The summed E-state index contributed by atoms with van der Waals surface area (Å²) in [5, 5.41) is 19.9. The summed E-state index contributed by atoms with van der Waals surface area (Å²) in [5.41, 5.74) is 4.37. The number of aliphatic carboxylic acids is 1. The minimum atomic E-state index is -0.782. The number of nitrogens with one attached hydrogen (secondary N) is 1. The van der Waals surface area contributed by atoms with Crippen LogP contribution in [-0.2, 0) is 4.79 Å². The summed E-state index contributed by atoms with van der Waals surface area (Å²) in [5.74, 6) is -0.782. The van der Waals surface area contributed by atoms with E-state index in [1.54, 1.807) is 12.4 Å². The van der Waals surface area contributed by atoms with Crippen LogP contribution in [0.2, 0.25) is 0 Å². The Labute approximate surface area is 93.4 Å². The zero-order valence-corrected chi connectivity index (χ0v) is 9.05. The molecule has 1 heterocycles. The Kier molecular flexibility index (Phi) is 4.91. The van der Waals surface area contributed by atoms with E-state index in [1.165, 1.54) is 0 Å². The molecular formula is C10H14N4O2.